The van der Waals surface area contributed by atoms with Gasteiger partial charge in [0, 0.05) is 24.2 Å². The van der Waals surface area contributed by atoms with Crippen LogP contribution in [0.25, 0.3) is 0 Å². The number of hydrogen-bond donors (Lipinski definition) is 1. The molecule has 0 aromatic heterocycles. The van der Waals surface area contributed by atoms with Crippen molar-refractivity contribution in [2.75, 3.05) is 11.9 Å². The highest BCUT2D eigenvalue weighted by Crippen LogP contribution is 2.36. The molecule has 1 nitrogen and oxygen atoms in total. The SMILES string of the molecule is FC(Cc1cccc(Cl)c1Cl)c1cccc2c1NCC2. The maximum absolute atomic E-state index is 14.6. The summed E-state index contributed by atoms with van der Waals surface area (Å²) in [6.07, 6.45) is 0.0947. The van der Waals surface area contributed by atoms with Crippen molar-refractivity contribution in [2.45, 2.75) is 19.0 Å². The summed E-state index contributed by atoms with van der Waals surface area (Å²) in [7, 11) is 0. The van der Waals surface area contributed by atoms with Crippen molar-refractivity contribution in [3.05, 3.63) is 63.1 Å². The molecule has 0 spiro atoms. The normalized spacial score (nSPS) is 14.8. The Morgan fingerprint density at radius 3 is 2.80 bits per heavy atom. The fourth-order valence-corrected chi connectivity index (χ4v) is 3.03. The Bertz CT molecular complexity index is 642. The summed E-state index contributed by atoms with van der Waals surface area (Å²) in [6.45, 7) is 0.872. The molecular weight excluding hydrogens is 296 g/mol. The van der Waals surface area contributed by atoms with Gasteiger partial charge in [0.05, 0.1) is 10.0 Å². The van der Waals surface area contributed by atoms with Crippen LogP contribution < -0.4 is 5.32 Å². The van der Waals surface area contributed by atoms with Gasteiger partial charge in [-0.05, 0) is 23.6 Å². The number of nitrogens with one attached hydrogen (secondary N) is 1. The second-order valence-corrected chi connectivity index (χ2v) is 5.73. The third kappa shape index (κ3) is 2.50. The maximum Gasteiger partial charge on any atom is 0.131 e. The average molecular weight is 310 g/mol. The Labute approximate surface area is 127 Å². The lowest BCUT2D eigenvalue weighted by atomic mass is 9.99. The highest BCUT2D eigenvalue weighted by Gasteiger charge is 2.21. The van der Waals surface area contributed by atoms with Crippen molar-refractivity contribution in [3.8, 4) is 0 Å². The van der Waals surface area contributed by atoms with E-state index in [1.165, 1.54) is 5.56 Å². The number of hydrogen-bond acceptors (Lipinski definition) is 1. The van der Waals surface area contributed by atoms with Gasteiger partial charge in [-0.2, -0.15) is 0 Å². The first-order valence-corrected chi connectivity index (χ1v) is 7.35. The molecule has 1 atom stereocenters. The van der Waals surface area contributed by atoms with Crippen LogP contribution in [0.15, 0.2) is 36.4 Å². The van der Waals surface area contributed by atoms with Crippen LogP contribution in [0.1, 0.15) is 22.9 Å². The summed E-state index contributed by atoms with van der Waals surface area (Å²) in [5.74, 6) is 0. The molecule has 3 rings (SSSR count). The first-order valence-electron chi connectivity index (χ1n) is 6.59. The molecule has 0 radical (unpaired) electrons. The molecule has 1 aliphatic rings. The van der Waals surface area contributed by atoms with Crippen molar-refractivity contribution < 1.29 is 4.39 Å². The van der Waals surface area contributed by atoms with Gasteiger partial charge in [0.2, 0.25) is 0 Å². The van der Waals surface area contributed by atoms with Crippen LogP contribution in [0.5, 0.6) is 0 Å². The molecule has 2 aromatic rings. The molecule has 4 heteroatoms. The van der Waals surface area contributed by atoms with Crippen LogP contribution >= 0.6 is 23.2 Å². The number of benzene rings is 2. The van der Waals surface area contributed by atoms with E-state index < -0.39 is 6.17 Å². The molecule has 20 heavy (non-hydrogen) atoms. The van der Waals surface area contributed by atoms with E-state index in [1.54, 1.807) is 12.1 Å². The molecule has 0 aliphatic carbocycles. The van der Waals surface area contributed by atoms with Gasteiger partial charge >= 0.3 is 0 Å². The summed E-state index contributed by atoms with van der Waals surface area (Å²) in [4.78, 5) is 0. The molecule has 1 aliphatic heterocycles. The largest absolute Gasteiger partial charge is 0.384 e. The van der Waals surface area contributed by atoms with E-state index in [4.69, 9.17) is 23.2 Å². The Kier molecular flexibility index (Phi) is 3.86. The zero-order valence-electron chi connectivity index (χ0n) is 10.8. The predicted molar refractivity (Wildman–Crippen MR) is 82.7 cm³/mol. The van der Waals surface area contributed by atoms with E-state index >= 15 is 0 Å². The Morgan fingerprint density at radius 2 is 1.95 bits per heavy atom. The van der Waals surface area contributed by atoms with Crippen LogP contribution in [0.4, 0.5) is 10.1 Å². The van der Waals surface area contributed by atoms with E-state index in [0.717, 1.165) is 24.2 Å². The Morgan fingerprint density at radius 1 is 1.15 bits per heavy atom. The first kappa shape index (κ1) is 13.7. The van der Waals surface area contributed by atoms with Crippen molar-refractivity contribution >= 4 is 28.9 Å². The molecule has 1 N–H and O–H groups in total. The fourth-order valence-electron chi connectivity index (χ4n) is 2.64. The number of anilines is 1. The van der Waals surface area contributed by atoms with E-state index in [2.05, 4.69) is 5.32 Å². The molecule has 1 heterocycles. The van der Waals surface area contributed by atoms with Gasteiger partial charge in [-0.25, -0.2) is 4.39 Å². The highest BCUT2D eigenvalue weighted by molar-refractivity contribution is 6.42. The molecule has 2 aromatic carbocycles. The third-order valence-electron chi connectivity index (χ3n) is 3.65. The lowest BCUT2D eigenvalue weighted by molar-refractivity contribution is 0.343. The van der Waals surface area contributed by atoms with Gasteiger partial charge in [-0.1, -0.05) is 53.5 Å². The monoisotopic (exact) mass is 309 g/mol. The van der Waals surface area contributed by atoms with Gasteiger partial charge in [0.15, 0.2) is 0 Å². The molecule has 0 saturated heterocycles. The van der Waals surface area contributed by atoms with Crippen LogP contribution in [0.2, 0.25) is 10.0 Å². The summed E-state index contributed by atoms with van der Waals surface area (Å²) >= 11 is 12.1. The van der Waals surface area contributed by atoms with E-state index in [9.17, 15) is 4.39 Å². The number of rotatable bonds is 3. The minimum absolute atomic E-state index is 0.234. The van der Waals surface area contributed by atoms with Crippen LogP contribution in [0, 0.1) is 0 Å². The molecule has 0 saturated carbocycles. The molecule has 1 unspecified atom stereocenters. The van der Waals surface area contributed by atoms with Crippen LogP contribution in [0.3, 0.4) is 0 Å². The molecule has 104 valence electrons. The predicted octanol–water partition coefficient (Wildman–Crippen LogP) is 5.21. The van der Waals surface area contributed by atoms with E-state index in [-0.39, 0.29) is 6.42 Å². The molecule has 0 amide bonds. The second kappa shape index (κ2) is 5.63. The van der Waals surface area contributed by atoms with Crippen molar-refractivity contribution in [2.24, 2.45) is 0 Å². The van der Waals surface area contributed by atoms with Gasteiger partial charge in [-0.3, -0.25) is 0 Å². The number of alkyl halides is 1. The van der Waals surface area contributed by atoms with Crippen molar-refractivity contribution in [1.82, 2.24) is 0 Å². The Hall–Kier alpha value is -1.25. The zero-order valence-corrected chi connectivity index (χ0v) is 12.3. The average Bonchev–Trinajstić information content (AvgIpc) is 2.92. The van der Waals surface area contributed by atoms with Gasteiger partial charge in [-0.15, -0.1) is 0 Å². The Balaban J connectivity index is 1.89. The minimum atomic E-state index is -1.09. The summed E-state index contributed by atoms with van der Waals surface area (Å²) in [5, 5.41) is 4.17. The topological polar surface area (TPSA) is 12.0 Å². The van der Waals surface area contributed by atoms with E-state index in [0.29, 0.717) is 15.6 Å². The first-order chi connectivity index (χ1) is 9.66. The maximum atomic E-state index is 14.6. The quantitative estimate of drug-likeness (QED) is 0.820. The fraction of sp³-hybridized carbons (Fsp3) is 0.250. The van der Waals surface area contributed by atoms with Gasteiger partial charge in [0.25, 0.3) is 0 Å². The number of halogens is 3. The van der Waals surface area contributed by atoms with Gasteiger partial charge < -0.3 is 5.32 Å². The molecule has 0 fully saturated rings. The van der Waals surface area contributed by atoms with Crippen LogP contribution in [-0.4, -0.2) is 6.54 Å². The lowest BCUT2D eigenvalue weighted by Crippen LogP contribution is -2.02. The number of fused-ring (bicyclic) bond motifs is 1. The standard InChI is InChI=1S/C16H14Cl2FN/c17-13-6-2-4-11(15(13)18)9-14(19)12-5-1-3-10-7-8-20-16(10)12/h1-6,14,20H,7-9H2. The number of para-hydroxylation sites is 1. The van der Waals surface area contributed by atoms with E-state index in [1.807, 2.05) is 24.3 Å². The summed E-state index contributed by atoms with van der Waals surface area (Å²) in [6, 6.07) is 11.1. The molecular formula is C16H14Cl2FN. The zero-order chi connectivity index (χ0) is 14.1. The lowest BCUT2D eigenvalue weighted by Gasteiger charge is -2.14. The van der Waals surface area contributed by atoms with Crippen molar-refractivity contribution in [3.63, 3.8) is 0 Å². The highest BCUT2D eigenvalue weighted by atomic mass is 35.5. The van der Waals surface area contributed by atoms with Crippen molar-refractivity contribution in [1.29, 1.82) is 0 Å². The molecule has 0 bridgehead atoms. The summed E-state index contributed by atoms with van der Waals surface area (Å²) < 4.78 is 14.6. The van der Waals surface area contributed by atoms with Crippen LogP contribution in [-0.2, 0) is 12.8 Å². The smallest absolute Gasteiger partial charge is 0.131 e. The summed E-state index contributed by atoms with van der Waals surface area (Å²) in [5.41, 5.74) is 3.57. The van der Waals surface area contributed by atoms with Gasteiger partial charge in [0.1, 0.15) is 6.17 Å². The third-order valence-corrected chi connectivity index (χ3v) is 4.51. The second-order valence-electron chi connectivity index (χ2n) is 4.94. The minimum Gasteiger partial charge on any atom is -0.384 e.